The van der Waals surface area contributed by atoms with E-state index >= 15 is 0 Å². The Morgan fingerprint density at radius 3 is 1.10 bits per heavy atom. The number of fused-ring (bicyclic) bond motifs is 4. The van der Waals surface area contributed by atoms with Crippen LogP contribution in [0.4, 0.5) is 26.3 Å². The number of carboxylic acid groups (broad SMARTS) is 2. The third-order valence-corrected chi connectivity index (χ3v) is 10.8. The maximum absolute atomic E-state index is 12.7. The van der Waals surface area contributed by atoms with Gasteiger partial charge in [-0.3, -0.25) is 38.4 Å². The van der Waals surface area contributed by atoms with Crippen molar-refractivity contribution in [1.29, 1.82) is 0 Å². The van der Waals surface area contributed by atoms with Crippen LogP contribution in [0.15, 0.2) is 0 Å². The molecule has 18 heteroatoms. The van der Waals surface area contributed by atoms with Crippen LogP contribution in [0.2, 0.25) is 0 Å². The van der Waals surface area contributed by atoms with Gasteiger partial charge in [-0.2, -0.15) is 26.3 Å². The summed E-state index contributed by atoms with van der Waals surface area (Å²) in [6.07, 6.45) is -0.0801. The van der Waals surface area contributed by atoms with Crippen LogP contribution in [-0.4, -0.2) is 89.2 Å². The minimum atomic E-state index is -3.26. The van der Waals surface area contributed by atoms with E-state index in [0.717, 1.165) is 6.42 Å². The molecule has 8 saturated carbocycles. The topological polar surface area (TPSA) is 195 Å². The molecule has 0 aromatic heterocycles. The summed E-state index contributed by atoms with van der Waals surface area (Å²) in [4.78, 5) is 86.1. The molecule has 0 aliphatic heterocycles. The summed E-state index contributed by atoms with van der Waals surface area (Å²) in [6.45, 7) is 0. The summed E-state index contributed by atoms with van der Waals surface area (Å²) in [6, 6.07) is 0. The number of aliphatic carboxylic acids is 2. The predicted molar refractivity (Wildman–Crippen MR) is 139 cm³/mol. The first-order valence-corrected chi connectivity index (χ1v) is 15.0. The highest BCUT2D eigenvalue weighted by Crippen LogP contribution is 2.62. The van der Waals surface area contributed by atoms with Crippen LogP contribution in [0.1, 0.15) is 32.1 Å². The minimum Gasteiger partial charge on any atom is -0.481 e. The quantitative estimate of drug-likeness (QED) is 0.322. The molecule has 0 bridgehead atoms. The van der Waals surface area contributed by atoms with Gasteiger partial charge in [-0.25, -0.2) is 0 Å². The molecule has 8 aliphatic carbocycles. The highest BCUT2D eigenvalue weighted by molar-refractivity contribution is 6.00. The Bertz CT molecular complexity index is 1440. The number of rotatable bonds is 4. The number of carbonyl (C=O) groups excluding carboxylic acids is 6. The Hall–Kier alpha value is -3.86. The lowest BCUT2D eigenvalue weighted by molar-refractivity contribution is -0.149. The Balaban J connectivity index is 0.000000125. The molecule has 0 saturated heterocycles. The molecule has 0 amide bonds. The molecule has 12 nitrogen and oxygen atoms in total. The van der Waals surface area contributed by atoms with Gasteiger partial charge >= 0.3 is 41.6 Å². The van der Waals surface area contributed by atoms with Gasteiger partial charge in [-0.05, 0) is 30.1 Å². The molecule has 2 N–H and O–H groups in total. The smallest absolute Gasteiger partial charge is 0.309 e. The van der Waals surface area contributed by atoms with Crippen LogP contribution >= 0.6 is 0 Å². The van der Waals surface area contributed by atoms with Crippen molar-refractivity contribution in [3.8, 4) is 0 Å². The zero-order valence-corrected chi connectivity index (χ0v) is 25.2. The summed E-state index contributed by atoms with van der Waals surface area (Å²) in [5.41, 5.74) is 0. The summed E-state index contributed by atoms with van der Waals surface area (Å²) in [5.74, 6) is -22.2. The lowest BCUT2D eigenvalue weighted by Crippen LogP contribution is -2.28. The lowest BCUT2D eigenvalue weighted by atomic mass is 10.1. The second-order valence-corrected chi connectivity index (χ2v) is 13.4. The zero-order chi connectivity index (χ0) is 36.0. The van der Waals surface area contributed by atoms with E-state index in [1.807, 2.05) is 0 Å². The van der Waals surface area contributed by atoms with Crippen LogP contribution in [0.5, 0.6) is 0 Å². The van der Waals surface area contributed by atoms with Crippen molar-refractivity contribution in [2.24, 2.45) is 71.0 Å². The highest BCUT2D eigenvalue weighted by Gasteiger charge is 2.74. The standard InChI is InChI=1S/C8H8F2O3.C8H10O3.2C7H6F2O3/c1-13-7(12)5-3-2-8(9,10)6(11)4(3)5;1-11-8(10)7-4-2-3-5(9)6(4)7;2*8-7(9)1-2-3(5(7)10)4(2)6(11)12/h3-5H,2H2,1H3;4,6-7H,2-3H2,1H3;2*2-4H,1H2,(H,11,12). The van der Waals surface area contributed by atoms with E-state index in [2.05, 4.69) is 9.47 Å². The largest absolute Gasteiger partial charge is 0.481 e. The third kappa shape index (κ3) is 5.88. The third-order valence-electron chi connectivity index (χ3n) is 10.8. The monoisotopic (exact) mass is 696 g/mol. The molecule has 8 rings (SSSR count). The normalized spacial score (nSPS) is 41.2. The van der Waals surface area contributed by atoms with Gasteiger partial charge in [0.25, 0.3) is 0 Å². The van der Waals surface area contributed by atoms with Gasteiger partial charge in [0.05, 0.1) is 37.9 Å². The molecule has 48 heavy (non-hydrogen) atoms. The minimum absolute atomic E-state index is 0.0300. The van der Waals surface area contributed by atoms with E-state index in [-0.39, 0.29) is 23.6 Å². The number of Topliss-reactive ketones (excluding diaryl/α,β-unsaturated/α-hetero) is 4. The van der Waals surface area contributed by atoms with Gasteiger partial charge in [0.2, 0.25) is 17.3 Å². The van der Waals surface area contributed by atoms with E-state index < -0.39 is 126 Å². The van der Waals surface area contributed by atoms with E-state index in [0.29, 0.717) is 12.3 Å². The Morgan fingerprint density at radius 2 is 0.875 bits per heavy atom. The fraction of sp³-hybridized carbons (Fsp3) is 0.733. The molecular weight excluding hydrogens is 666 g/mol. The van der Waals surface area contributed by atoms with Crippen LogP contribution in [-0.2, 0) is 47.8 Å². The maximum Gasteiger partial charge on any atom is 0.309 e. The summed E-state index contributed by atoms with van der Waals surface area (Å²) < 4.78 is 84.3. The van der Waals surface area contributed by atoms with E-state index in [9.17, 15) is 64.7 Å². The number of carboxylic acids is 2. The first-order valence-electron chi connectivity index (χ1n) is 15.0. The number of halogens is 6. The number of alkyl halides is 6. The van der Waals surface area contributed by atoms with Crippen molar-refractivity contribution in [3.05, 3.63) is 0 Å². The number of carbonyl (C=O) groups is 8. The molecule has 264 valence electrons. The number of esters is 2. The number of ketones is 4. The fourth-order valence-electron chi connectivity index (χ4n) is 8.11. The van der Waals surface area contributed by atoms with Crippen molar-refractivity contribution in [1.82, 2.24) is 0 Å². The maximum atomic E-state index is 12.7. The first kappa shape index (κ1) is 35.4. The Labute approximate surface area is 266 Å². The van der Waals surface area contributed by atoms with Crippen molar-refractivity contribution in [2.45, 2.75) is 49.9 Å². The average Bonchev–Trinajstić information content (AvgIpc) is 3.93. The number of methoxy groups -OCH3 is 2. The van der Waals surface area contributed by atoms with Crippen LogP contribution in [0.25, 0.3) is 0 Å². The molecular formula is C30H30F6O12. The first-order chi connectivity index (χ1) is 22.1. The predicted octanol–water partition coefficient (Wildman–Crippen LogP) is 2.10. The van der Waals surface area contributed by atoms with Gasteiger partial charge in [0.15, 0.2) is 0 Å². The zero-order valence-electron chi connectivity index (χ0n) is 25.2. The van der Waals surface area contributed by atoms with Gasteiger partial charge in [0, 0.05) is 49.4 Å². The summed E-state index contributed by atoms with van der Waals surface area (Å²) >= 11 is 0. The average molecular weight is 697 g/mol. The van der Waals surface area contributed by atoms with Crippen molar-refractivity contribution < 1.29 is 84.4 Å². The van der Waals surface area contributed by atoms with Crippen LogP contribution < -0.4 is 0 Å². The molecule has 0 spiro atoms. The second-order valence-electron chi connectivity index (χ2n) is 13.4. The second kappa shape index (κ2) is 11.6. The number of hydrogen-bond donors (Lipinski definition) is 2. The van der Waals surface area contributed by atoms with Crippen molar-refractivity contribution >= 4 is 47.0 Å². The Kier molecular flexibility index (Phi) is 8.59. The fourth-order valence-corrected chi connectivity index (χ4v) is 8.11. The van der Waals surface area contributed by atoms with Crippen LogP contribution in [0.3, 0.4) is 0 Å². The molecule has 12 atom stereocenters. The molecule has 8 fully saturated rings. The molecule has 0 radical (unpaired) electrons. The van der Waals surface area contributed by atoms with Crippen molar-refractivity contribution in [3.63, 3.8) is 0 Å². The van der Waals surface area contributed by atoms with E-state index in [4.69, 9.17) is 10.2 Å². The SMILES string of the molecule is COC(=O)C1C2CC(F)(F)C(=O)C21.COC(=O)C1C2CCC(=O)C21.O=C(O)C1C2CC(F)(F)C(=O)C21.O=C(O)C1C2CC(F)(F)C(=O)C21. The molecule has 12 unspecified atom stereocenters. The lowest BCUT2D eigenvalue weighted by Gasteiger charge is -2.10. The van der Waals surface area contributed by atoms with Gasteiger partial charge in [-0.1, -0.05) is 0 Å². The van der Waals surface area contributed by atoms with Gasteiger partial charge in [-0.15, -0.1) is 0 Å². The molecule has 0 aromatic rings. The Morgan fingerprint density at radius 1 is 0.562 bits per heavy atom. The molecule has 0 heterocycles. The molecule has 0 aromatic carbocycles. The number of hydrogen-bond acceptors (Lipinski definition) is 10. The van der Waals surface area contributed by atoms with Crippen molar-refractivity contribution in [2.75, 3.05) is 14.2 Å². The highest BCUT2D eigenvalue weighted by atomic mass is 19.3. The van der Waals surface area contributed by atoms with Crippen LogP contribution in [0, 0.1) is 71.0 Å². The van der Waals surface area contributed by atoms with Gasteiger partial charge < -0.3 is 19.7 Å². The number of ether oxygens (including phenoxy) is 2. The summed E-state index contributed by atoms with van der Waals surface area (Å²) in [5, 5.41) is 16.9. The van der Waals surface area contributed by atoms with E-state index in [1.165, 1.54) is 14.2 Å². The van der Waals surface area contributed by atoms with E-state index in [1.54, 1.807) is 0 Å². The van der Waals surface area contributed by atoms with Gasteiger partial charge in [0.1, 0.15) is 5.78 Å². The molecule has 8 aliphatic rings. The summed E-state index contributed by atoms with van der Waals surface area (Å²) in [7, 11) is 2.57.